The van der Waals surface area contributed by atoms with Crippen molar-refractivity contribution < 1.29 is 42.9 Å². The molecule has 0 atom stereocenters. The van der Waals surface area contributed by atoms with Gasteiger partial charge in [0.15, 0.2) is 5.75 Å². The van der Waals surface area contributed by atoms with Gasteiger partial charge in [0.05, 0.1) is 36.6 Å². The third-order valence-electron chi connectivity index (χ3n) is 8.13. The third kappa shape index (κ3) is 13.3. The first kappa shape index (κ1) is 39.9. The number of nitrogens with two attached hydrogens (primary N) is 1. The van der Waals surface area contributed by atoms with Crippen molar-refractivity contribution >= 4 is 46.4 Å². The number of carbonyl (C=O) groups is 4. The van der Waals surface area contributed by atoms with E-state index >= 15 is 0 Å². The predicted molar refractivity (Wildman–Crippen MR) is 205 cm³/mol. The quantitative estimate of drug-likeness (QED) is 0.0309. The van der Waals surface area contributed by atoms with Crippen molar-refractivity contribution in [1.29, 1.82) is 0 Å². The lowest BCUT2D eigenvalue weighted by Crippen LogP contribution is -2.11. The number of hydrogen-bond acceptors (Lipinski definition) is 10. The lowest BCUT2D eigenvalue weighted by molar-refractivity contribution is -0.139. The first-order chi connectivity index (χ1) is 25.6. The topological polar surface area (TPSA) is 140 Å². The van der Waals surface area contributed by atoms with Crippen LogP contribution >= 0.6 is 0 Å². The van der Waals surface area contributed by atoms with Crippen molar-refractivity contribution in [3.05, 3.63) is 114 Å². The first-order valence-electron chi connectivity index (χ1n) is 17.9. The second-order valence-corrected chi connectivity index (χ2v) is 12.6. The Labute approximate surface area is 310 Å². The van der Waals surface area contributed by atoms with E-state index in [1.807, 2.05) is 31.2 Å². The van der Waals surface area contributed by atoms with Crippen LogP contribution in [-0.2, 0) is 19.1 Å². The summed E-state index contributed by atoms with van der Waals surface area (Å²) < 4.78 is 27.2. The molecule has 0 fully saturated rings. The Morgan fingerprint density at radius 2 is 1.28 bits per heavy atom. The molecular formula is C43H47NO9. The van der Waals surface area contributed by atoms with Crippen LogP contribution in [0.3, 0.4) is 0 Å². The van der Waals surface area contributed by atoms with Gasteiger partial charge in [0.1, 0.15) is 11.5 Å². The fourth-order valence-corrected chi connectivity index (χ4v) is 5.11. The third-order valence-corrected chi connectivity index (χ3v) is 8.13. The number of nitrogen functional groups attached to an aromatic ring is 1. The normalized spacial score (nSPS) is 10.9. The molecule has 10 heteroatoms. The number of esters is 4. The van der Waals surface area contributed by atoms with Crippen LogP contribution in [0.1, 0.15) is 91.5 Å². The number of carbonyl (C=O) groups excluding carboxylic acids is 4. The standard InChI is InChI=1S/C43H47NO9/c1-4-5-24-50-40(45)23-13-31-12-22-39(38(44)27-31)53-42(47)32-16-19-36(20-17-32)52-43(48)35-15-14-34-29-37(21-18-33(34)28-35)49-25-10-8-6-7-9-11-26-51-41(46)30(2)3/h12-23,27-29H,2,4-11,24-26,44H2,1,3H3/b23-13+. The minimum atomic E-state index is -0.636. The molecule has 10 nitrogen and oxygen atoms in total. The van der Waals surface area contributed by atoms with E-state index in [1.165, 1.54) is 30.3 Å². The van der Waals surface area contributed by atoms with Crippen molar-refractivity contribution in [2.75, 3.05) is 25.6 Å². The SMILES string of the molecule is C=C(C)C(=O)OCCCCCCCCOc1ccc2cc(C(=O)Oc3ccc(C(=O)Oc4ccc(/C=C/C(=O)OCCCC)cc4N)cc3)ccc2c1. The van der Waals surface area contributed by atoms with Crippen LogP contribution in [0.25, 0.3) is 16.8 Å². The second kappa shape index (κ2) is 20.8. The fourth-order valence-electron chi connectivity index (χ4n) is 5.11. The summed E-state index contributed by atoms with van der Waals surface area (Å²) in [6.45, 7) is 8.65. The molecule has 0 unspecified atom stereocenters. The van der Waals surface area contributed by atoms with Crippen LogP contribution in [0.15, 0.2) is 97.1 Å². The highest BCUT2D eigenvalue weighted by atomic mass is 16.5. The summed E-state index contributed by atoms with van der Waals surface area (Å²) in [5.74, 6) is -0.743. The Morgan fingerprint density at radius 1 is 0.660 bits per heavy atom. The summed E-state index contributed by atoms with van der Waals surface area (Å²) in [5, 5.41) is 1.80. The highest BCUT2D eigenvalue weighted by Crippen LogP contribution is 2.26. The van der Waals surface area contributed by atoms with Crippen LogP contribution in [0, 0.1) is 0 Å². The van der Waals surface area contributed by atoms with Gasteiger partial charge in [-0.15, -0.1) is 0 Å². The smallest absolute Gasteiger partial charge is 0.343 e. The van der Waals surface area contributed by atoms with Gasteiger partial charge in [0.2, 0.25) is 0 Å². The molecule has 0 aliphatic heterocycles. The Bertz CT molecular complexity index is 1910. The van der Waals surface area contributed by atoms with Gasteiger partial charge >= 0.3 is 23.9 Å². The van der Waals surface area contributed by atoms with Gasteiger partial charge in [-0.25, -0.2) is 19.2 Å². The minimum Gasteiger partial charge on any atom is -0.494 e. The van der Waals surface area contributed by atoms with E-state index in [2.05, 4.69) is 6.58 Å². The van der Waals surface area contributed by atoms with E-state index in [1.54, 1.807) is 43.3 Å². The maximum atomic E-state index is 12.9. The fraction of sp³-hybridized carbons (Fsp3) is 0.302. The van der Waals surface area contributed by atoms with Gasteiger partial charge in [0, 0.05) is 11.6 Å². The Kier molecular flexibility index (Phi) is 15.7. The van der Waals surface area contributed by atoms with Gasteiger partial charge in [-0.3, -0.25) is 0 Å². The lowest BCUT2D eigenvalue weighted by atomic mass is 10.1. The van der Waals surface area contributed by atoms with Gasteiger partial charge < -0.3 is 29.4 Å². The van der Waals surface area contributed by atoms with Gasteiger partial charge in [-0.05, 0) is 109 Å². The average molecular weight is 722 g/mol. The molecule has 4 aromatic carbocycles. The Morgan fingerprint density at radius 3 is 2.00 bits per heavy atom. The molecule has 0 aliphatic rings. The summed E-state index contributed by atoms with van der Waals surface area (Å²) in [6.07, 6.45) is 10.7. The zero-order chi connectivity index (χ0) is 38.0. The van der Waals surface area contributed by atoms with E-state index in [-0.39, 0.29) is 28.7 Å². The molecule has 4 aromatic rings. The number of anilines is 1. The zero-order valence-electron chi connectivity index (χ0n) is 30.4. The van der Waals surface area contributed by atoms with E-state index in [4.69, 9.17) is 29.4 Å². The van der Waals surface area contributed by atoms with Crippen LogP contribution in [0.5, 0.6) is 17.2 Å². The van der Waals surface area contributed by atoms with Crippen LogP contribution < -0.4 is 19.9 Å². The monoisotopic (exact) mass is 721 g/mol. The van der Waals surface area contributed by atoms with E-state index in [0.717, 1.165) is 67.9 Å². The van der Waals surface area contributed by atoms with E-state index in [9.17, 15) is 19.2 Å². The highest BCUT2D eigenvalue weighted by molar-refractivity contribution is 5.97. The maximum absolute atomic E-state index is 12.9. The molecule has 0 saturated heterocycles. The number of benzene rings is 4. The molecule has 278 valence electrons. The van der Waals surface area contributed by atoms with Crippen molar-refractivity contribution in [3.63, 3.8) is 0 Å². The molecule has 0 amide bonds. The molecule has 0 bridgehead atoms. The largest absolute Gasteiger partial charge is 0.494 e. The number of ether oxygens (including phenoxy) is 5. The molecule has 0 aliphatic carbocycles. The minimum absolute atomic E-state index is 0.170. The lowest BCUT2D eigenvalue weighted by Gasteiger charge is -2.10. The molecule has 0 aromatic heterocycles. The van der Waals surface area contributed by atoms with Crippen LogP contribution in [0.2, 0.25) is 0 Å². The summed E-state index contributed by atoms with van der Waals surface area (Å²) in [4.78, 5) is 48.9. The van der Waals surface area contributed by atoms with Crippen molar-refractivity contribution in [2.24, 2.45) is 0 Å². The first-order valence-corrected chi connectivity index (χ1v) is 17.9. The number of fused-ring (bicyclic) bond motifs is 1. The molecular weight excluding hydrogens is 674 g/mol. The number of unbranched alkanes of at least 4 members (excludes halogenated alkanes) is 6. The van der Waals surface area contributed by atoms with Crippen LogP contribution in [-0.4, -0.2) is 43.7 Å². The maximum Gasteiger partial charge on any atom is 0.343 e. The van der Waals surface area contributed by atoms with Crippen molar-refractivity contribution in [2.45, 2.75) is 65.2 Å². The Hall–Kier alpha value is -5.90. The predicted octanol–water partition coefficient (Wildman–Crippen LogP) is 9.06. The number of hydrogen-bond donors (Lipinski definition) is 1. The highest BCUT2D eigenvalue weighted by Gasteiger charge is 2.14. The van der Waals surface area contributed by atoms with Crippen molar-refractivity contribution in [3.8, 4) is 17.2 Å². The summed E-state index contributed by atoms with van der Waals surface area (Å²) in [5.41, 5.74) is 8.00. The number of rotatable bonds is 20. The van der Waals surface area contributed by atoms with E-state index < -0.39 is 17.9 Å². The summed E-state index contributed by atoms with van der Waals surface area (Å²) >= 11 is 0. The van der Waals surface area contributed by atoms with Crippen molar-refractivity contribution in [1.82, 2.24) is 0 Å². The van der Waals surface area contributed by atoms with Crippen LogP contribution in [0.4, 0.5) is 5.69 Å². The molecule has 53 heavy (non-hydrogen) atoms. The van der Waals surface area contributed by atoms with E-state index in [0.29, 0.717) is 36.5 Å². The molecule has 2 N–H and O–H groups in total. The molecule has 0 spiro atoms. The summed E-state index contributed by atoms with van der Waals surface area (Å²) in [7, 11) is 0. The molecule has 4 rings (SSSR count). The second-order valence-electron chi connectivity index (χ2n) is 12.6. The molecule has 0 radical (unpaired) electrons. The van der Waals surface area contributed by atoms with Gasteiger partial charge in [0.25, 0.3) is 0 Å². The molecule has 0 saturated carbocycles. The molecule has 0 heterocycles. The average Bonchev–Trinajstić information content (AvgIpc) is 3.15. The zero-order valence-corrected chi connectivity index (χ0v) is 30.4. The Balaban J connectivity index is 1.19. The van der Waals surface area contributed by atoms with Gasteiger partial charge in [-0.1, -0.05) is 63.8 Å². The van der Waals surface area contributed by atoms with Gasteiger partial charge in [-0.2, -0.15) is 0 Å². The summed E-state index contributed by atoms with van der Waals surface area (Å²) in [6, 6.07) is 21.9.